The predicted molar refractivity (Wildman–Crippen MR) is 95.4 cm³/mol. The Bertz CT molecular complexity index is 739. The van der Waals surface area contributed by atoms with Gasteiger partial charge in [-0.1, -0.05) is 0 Å². The summed E-state index contributed by atoms with van der Waals surface area (Å²) in [6, 6.07) is 7.59. The highest BCUT2D eigenvalue weighted by atomic mass is 16.5. The molecular weight excluding hydrogens is 318 g/mol. The first-order valence-corrected chi connectivity index (χ1v) is 8.68. The normalized spacial score (nSPS) is 18.6. The van der Waals surface area contributed by atoms with E-state index in [0.717, 1.165) is 35.9 Å². The Morgan fingerprint density at radius 1 is 1.28 bits per heavy atom. The average Bonchev–Trinajstić information content (AvgIpc) is 2.97. The maximum Gasteiger partial charge on any atom is 0.239 e. The highest BCUT2D eigenvalue weighted by molar-refractivity contribution is 5.81. The van der Waals surface area contributed by atoms with Gasteiger partial charge in [-0.05, 0) is 45.0 Å². The maximum absolute atomic E-state index is 12.2. The summed E-state index contributed by atoms with van der Waals surface area (Å²) < 4.78 is 11.3. The highest BCUT2D eigenvalue weighted by Crippen LogP contribution is 2.25. The van der Waals surface area contributed by atoms with Crippen molar-refractivity contribution in [2.45, 2.75) is 33.4 Å². The van der Waals surface area contributed by atoms with Gasteiger partial charge in [-0.15, -0.1) is 0 Å². The zero-order valence-electron chi connectivity index (χ0n) is 15.3. The molecule has 0 saturated carbocycles. The number of piperazine rings is 1. The van der Waals surface area contributed by atoms with Crippen LogP contribution in [-0.4, -0.2) is 53.5 Å². The van der Waals surface area contributed by atoms with Gasteiger partial charge in [0.2, 0.25) is 11.8 Å². The summed E-state index contributed by atoms with van der Waals surface area (Å²) in [4.78, 5) is 20.7. The van der Waals surface area contributed by atoms with E-state index >= 15 is 0 Å². The minimum atomic E-state index is -0.135. The van der Waals surface area contributed by atoms with Gasteiger partial charge in [0.1, 0.15) is 11.5 Å². The van der Waals surface area contributed by atoms with E-state index in [9.17, 15) is 4.79 Å². The largest absolute Gasteiger partial charge is 0.494 e. The molecule has 0 spiro atoms. The van der Waals surface area contributed by atoms with Crippen LogP contribution in [0.2, 0.25) is 0 Å². The number of rotatable bonds is 5. The molecule has 0 unspecified atom stereocenters. The Morgan fingerprint density at radius 2 is 2.00 bits per heavy atom. The minimum absolute atomic E-state index is 0.135. The quantitative estimate of drug-likeness (QED) is 0.835. The second-order valence-electron chi connectivity index (χ2n) is 6.39. The molecule has 1 atom stereocenters. The van der Waals surface area contributed by atoms with Gasteiger partial charge in [-0.2, -0.15) is 0 Å². The van der Waals surface area contributed by atoms with Crippen LogP contribution in [0.3, 0.4) is 0 Å². The number of likely N-dealkylation sites (N-methyl/N-ethyl adjacent to an activating group) is 1. The van der Waals surface area contributed by atoms with Crippen LogP contribution in [0.5, 0.6) is 5.75 Å². The van der Waals surface area contributed by atoms with Crippen LogP contribution in [0.25, 0.3) is 11.5 Å². The van der Waals surface area contributed by atoms with Crippen molar-refractivity contribution in [2.75, 3.05) is 26.7 Å². The van der Waals surface area contributed by atoms with Crippen molar-refractivity contribution in [2.24, 2.45) is 0 Å². The van der Waals surface area contributed by atoms with E-state index in [1.165, 1.54) is 0 Å². The maximum atomic E-state index is 12.2. The Kier molecular flexibility index (Phi) is 5.08. The second kappa shape index (κ2) is 7.27. The summed E-state index contributed by atoms with van der Waals surface area (Å²) in [6.45, 7) is 8.67. The molecule has 1 aromatic carbocycles. The molecule has 1 aliphatic heterocycles. The summed E-state index contributed by atoms with van der Waals surface area (Å²) in [5.74, 6) is 2.38. The van der Waals surface area contributed by atoms with E-state index in [2.05, 4.69) is 9.88 Å². The van der Waals surface area contributed by atoms with Crippen molar-refractivity contribution in [1.82, 2.24) is 14.8 Å². The molecule has 1 fully saturated rings. The average molecular weight is 343 g/mol. The van der Waals surface area contributed by atoms with Gasteiger partial charge >= 0.3 is 0 Å². The molecule has 2 aromatic rings. The number of benzene rings is 1. The van der Waals surface area contributed by atoms with Crippen LogP contribution in [0.15, 0.2) is 28.7 Å². The molecule has 1 amide bonds. The van der Waals surface area contributed by atoms with E-state index in [4.69, 9.17) is 9.15 Å². The molecule has 0 radical (unpaired) electrons. The molecule has 0 aliphatic carbocycles. The van der Waals surface area contributed by atoms with Gasteiger partial charge in [-0.25, -0.2) is 4.98 Å². The number of ether oxygens (including phenoxy) is 1. The van der Waals surface area contributed by atoms with E-state index in [-0.39, 0.29) is 11.9 Å². The molecular formula is C19H25N3O3. The number of amides is 1. The number of aryl methyl sites for hydroxylation is 1. The van der Waals surface area contributed by atoms with E-state index in [1.54, 1.807) is 4.90 Å². The molecule has 2 heterocycles. The molecule has 0 N–H and O–H groups in total. The van der Waals surface area contributed by atoms with Crippen molar-refractivity contribution >= 4 is 5.91 Å². The molecule has 134 valence electrons. The van der Waals surface area contributed by atoms with E-state index in [1.807, 2.05) is 52.1 Å². The zero-order valence-corrected chi connectivity index (χ0v) is 15.3. The molecule has 1 aromatic heterocycles. The predicted octanol–water partition coefficient (Wildman–Crippen LogP) is 2.71. The van der Waals surface area contributed by atoms with Crippen molar-refractivity contribution < 1.29 is 13.9 Å². The fourth-order valence-corrected chi connectivity index (χ4v) is 3.02. The molecule has 0 bridgehead atoms. The molecule has 1 aliphatic rings. The molecule has 25 heavy (non-hydrogen) atoms. The van der Waals surface area contributed by atoms with Gasteiger partial charge in [0.25, 0.3) is 0 Å². The van der Waals surface area contributed by atoms with E-state index < -0.39 is 0 Å². The van der Waals surface area contributed by atoms with Crippen LogP contribution in [0, 0.1) is 6.92 Å². The van der Waals surface area contributed by atoms with Crippen molar-refractivity contribution in [3.05, 3.63) is 35.7 Å². The Labute approximate surface area is 148 Å². The standard InChI is InChI=1S/C19H25N3O3/c1-5-24-16-8-6-15(7-9-16)18-20-17(14(3)25-18)12-22-11-10-21(4)19(23)13(22)2/h6-9,13H,5,10-12H2,1-4H3/t13-/m0/s1. The summed E-state index contributed by atoms with van der Waals surface area (Å²) in [5.41, 5.74) is 1.80. The lowest BCUT2D eigenvalue weighted by molar-refractivity contribution is -0.139. The SMILES string of the molecule is CCOc1ccc(-c2nc(CN3CCN(C)C(=O)[C@@H]3C)c(C)o2)cc1. The number of aromatic nitrogens is 1. The fraction of sp³-hybridized carbons (Fsp3) is 0.474. The van der Waals surface area contributed by atoms with Gasteiger partial charge in [0.15, 0.2) is 0 Å². The lowest BCUT2D eigenvalue weighted by Crippen LogP contribution is -2.53. The number of carbonyl (C=O) groups excluding carboxylic acids is 1. The number of hydrogen-bond donors (Lipinski definition) is 0. The number of hydrogen-bond acceptors (Lipinski definition) is 5. The molecule has 6 heteroatoms. The minimum Gasteiger partial charge on any atom is -0.494 e. The lowest BCUT2D eigenvalue weighted by atomic mass is 10.1. The molecule has 1 saturated heterocycles. The fourth-order valence-electron chi connectivity index (χ4n) is 3.02. The van der Waals surface area contributed by atoms with Gasteiger partial charge in [0.05, 0.1) is 18.3 Å². The zero-order chi connectivity index (χ0) is 18.0. The van der Waals surface area contributed by atoms with Gasteiger partial charge < -0.3 is 14.1 Å². The van der Waals surface area contributed by atoms with Crippen molar-refractivity contribution in [3.63, 3.8) is 0 Å². The smallest absolute Gasteiger partial charge is 0.239 e. The number of oxazole rings is 1. The first kappa shape index (κ1) is 17.5. The Balaban J connectivity index is 1.75. The summed E-state index contributed by atoms with van der Waals surface area (Å²) in [7, 11) is 1.85. The highest BCUT2D eigenvalue weighted by Gasteiger charge is 2.30. The van der Waals surface area contributed by atoms with Crippen LogP contribution in [0.4, 0.5) is 0 Å². The van der Waals surface area contributed by atoms with Crippen molar-refractivity contribution in [1.29, 1.82) is 0 Å². The van der Waals surface area contributed by atoms with Crippen LogP contribution in [-0.2, 0) is 11.3 Å². The third-order valence-electron chi connectivity index (χ3n) is 4.66. The second-order valence-corrected chi connectivity index (χ2v) is 6.39. The first-order valence-electron chi connectivity index (χ1n) is 8.68. The topological polar surface area (TPSA) is 58.8 Å². The molecule has 3 rings (SSSR count). The first-order chi connectivity index (χ1) is 12.0. The molecule has 6 nitrogen and oxygen atoms in total. The van der Waals surface area contributed by atoms with Crippen molar-refractivity contribution in [3.8, 4) is 17.2 Å². The third-order valence-corrected chi connectivity index (χ3v) is 4.66. The van der Waals surface area contributed by atoms with Crippen LogP contribution < -0.4 is 4.74 Å². The number of nitrogens with zero attached hydrogens (tertiary/aromatic N) is 3. The number of carbonyl (C=O) groups is 1. The lowest BCUT2D eigenvalue weighted by Gasteiger charge is -2.36. The Hall–Kier alpha value is -2.34. The van der Waals surface area contributed by atoms with Crippen LogP contribution >= 0.6 is 0 Å². The monoisotopic (exact) mass is 343 g/mol. The summed E-state index contributed by atoms with van der Waals surface area (Å²) in [6.07, 6.45) is 0. The third kappa shape index (κ3) is 3.69. The summed E-state index contributed by atoms with van der Waals surface area (Å²) in [5, 5.41) is 0. The van der Waals surface area contributed by atoms with E-state index in [0.29, 0.717) is 19.0 Å². The Morgan fingerprint density at radius 3 is 2.68 bits per heavy atom. The van der Waals surface area contributed by atoms with Gasteiger partial charge in [-0.3, -0.25) is 9.69 Å². The van der Waals surface area contributed by atoms with Crippen LogP contribution in [0.1, 0.15) is 25.3 Å². The summed E-state index contributed by atoms with van der Waals surface area (Å²) >= 11 is 0. The van der Waals surface area contributed by atoms with Gasteiger partial charge in [0, 0.05) is 32.2 Å².